The Morgan fingerprint density at radius 2 is 1.71 bits per heavy atom. The van der Waals surface area contributed by atoms with E-state index in [9.17, 15) is 5.11 Å². The van der Waals surface area contributed by atoms with Crippen LogP contribution in [0.3, 0.4) is 0 Å². The smallest absolute Gasteiger partial charge is 0.226 e. The van der Waals surface area contributed by atoms with Crippen LogP contribution in [-0.2, 0) is 6.42 Å². The molecule has 0 fully saturated rings. The number of oxazole rings is 1. The average Bonchev–Trinajstić information content (AvgIpc) is 2.82. The molecule has 0 aliphatic rings. The van der Waals surface area contributed by atoms with Crippen LogP contribution in [0.5, 0.6) is 0 Å². The molecule has 0 aliphatic heterocycles. The van der Waals surface area contributed by atoms with Crippen LogP contribution < -0.4 is 0 Å². The molecule has 3 nitrogen and oxygen atoms in total. The van der Waals surface area contributed by atoms with E-state index in [-0.39, 0.29) is 0 Å². The Morgan fingerprint density at radius 3 is 2.29 bits per heavy atom. The van der Waals surface area contributed by atoms with Gasteiger partial charge in [-0.3, -0.25) is 0 Å². The van der Waals surface area contributed by atoms with Crippen molar-refractivity contribution in [3.8, 4) is 11.5 Å². The maximum absolute atomic E-state index is 10.4. The van der Waals surface area contributed by atoms with Gasteiger partial charge in [0.05, 0.1) is 6.10 Å². The second kappa shape index (κ2) is 6.90. The Bertz CT molecular complexity index is 558. The summed E-state index contributed by atoms with van der Waals surface area (Å²) < 4.78 is 5.94. The Balaban J connectivity index is 2.35. The molecule has 0 amide bonds. The van der Waals surface area contributed by atoms with Crippen LogP contribution in [0, 0.1) is 11.8 Å². The van der Waals surface area contributed by atoms with Crippen molar-refractivity contribution in [2.45, 2.75) is 46.6 Å². The fourth-order valence-corrected chi connectivity index (χ4v) is 2.40. The van der Waals surface area contributed by atoms with Gasteiger partial charge in [0, 0.05) is 12.0 Å². The van der Waals surface area contributed by atoms with E-state index >= 15 is 0 Å². The van der Waals surface area contributed by atoms with Crippen molar-refractivity contribution in [2.75, 3.05) is 0 Å². The minimum Gasteiger partial charge on any atom is -0.441 e. The number of aromatic nitrogens is 1. The molecule has 0 saturated carbocycles. The molecule has 1 aromatic carbocycles. The van der Waals surface area contributed by atoms with E-state index in [1.807, 2.05) is 30.3 Å². The average molecular weight is 287 g/mol. The molecule has 1 aromatic heterocycles. The molecule has 2 rings (SSSR count). The zero-order chi connectivity index (χ0) is 15.4. The summed E-state index contributed by atoms with van der Waals surface area (Å²) in [5.41, 5.74) is 1.65. The lowest BCUT2D eigenvalue weighted by Gasteiger charge is -2.12. The third-order valence-electron chi connectivity index (χ3n) is 3.35. The fraction of sp³-hybridized carbons (Fsp3) is 0.500. The van der Waals surface area contributed by atoms with Crippen molar-refractivity contribution < 1.29 is 9.52 Å². The van der Waals surface area contributed by atoms with E-state index in [4.69, 9.17) is 4.42 Å². The summed E-state index contributed by atoms with van der Waals surface area (Å²) in [7, 11) is 0. The lowest BCUT2D eigenvalue weighted by Crippen LogP contribution is -2.06. The summed E-state index contributed by atoms with van der Waals surface area (Å²) in [5, 5.41) is 10.4. The van der Waals surface area contributed by atoms with Crippen LogP contribution in [0.2, 0.25) is 0 Å². The van der Waals surface area contributed by atoms with Gasteiger partial charge in [-0.25, -0.2) is 4.98 Å². The van der Waals surface area contributed by atoms with E-state index in [0.717, 1.165) is 17.7 Å². The predicted molar refractivity (Wildman–Crippen MR) is 84.9 cm³/mol. The first-order valence-corrected chi connectivity index (χ1v) is 7.70. The van der Waals surface area contributed by atoms with Gasteiger partial charge in [0.1, 0.15) is 11.5 Å². The highest BCUT2D eigenvalue weighted by Crippen LogP contribution is 2.30. The number of aliphatic hydroxyl groups is 1. The number of rotatable bonds is 6. The lowest BCUT2D eigenvalue weighted by molar-refractivity contribution is 0.144. The fourth-order valence-electron chi connectivity index (χ4n) is 2.40. The van der Waals surface area contributed by atoms with Crippen molar-refractivity contribution >= 4 is 0 Å². The van der Waals surface area contributed by atoms with Crippen LogP contribution in [-0.4, -0.2) is 10.1 Å². The first-order valence-electron chi connectivity index (χ1n) is 7.70. The van der Waals surface area contributed by atoms with Crippen molar-refractivity contribution in [1.29, 1.82) is 0 Å². The Kier molecular flexibility index (Phi) is 5.18. The van der Waals surface area contributed by atoms with Crippen LogP contribution in [0.25, 0.3) is 11.5 Å². The third-order valence-corrected chi connectivity index (χ3v) is 3.35. The number of hydrogen-bond donors (Lipinski definition) is 1. The van der Waals surface area contributed by atoms with Crippen LogP contribution >= 0.6 is 0 Å². The summed E-state index contributed by atoms with van der Waals surface area (Å²) in [6, 6.07) is 9.85. The van der Waals surface area contributed by atoms with Gasteiger partial charge in [-0.15, -0.1) is 0 Å². The highest BCUT2D eigenvalue weighted by Gasteiger charge is 2.22. The van der Waals surface area contributed by atoms with Gasteiger partial charge in [-0.1, -0.05) is 45.9 Å². The quantitative estimate of drug-likeness (QED) is 0.843. The molecule has 3 heteroatoms. The van der Waals surface area contributed by atoms with Crippen LogP contribution in [0.1, 0.15) is 51.7 Å². The number of nitrogens with zero attached hydrogens (tertiary/aromatic N) is 1. The van der Waals surface area contributed by atoms with Crippen LogP contribution in [0.15, 0.2) is 34.7 Å². The molecule has 1 heterocycles. The molecule has 114 valence electrons. The molecule has 0 saturated heterocycles. The van der Waals surface area contributed by atoms with E-state index in [1.165, 1.54) is 0 Å². The largest absolute Gasteiger partial charge is 0.441 e. The molecule has 0 aliphatic carbocycles. The summed E-state index contributed by atoms with van der Waals surface area (Å²) >= 11 is 0. The highest BCUT2D eigenvalue weighted by atomic mass is 16.4. The highest BCUT2D eigenvalue weighted by molar-refractivity contribution is 5.53. The molecule has 21 heavy (non-hydrogen) atoms. The van der Waals surface area contributed by atoms with Gasteiger partial charge >= 0.3 is 0 Å². The standard InChI is InChI=1S/C18H25NO2/c1-12(2)10-15(20)17-16(11-13(3)4)21-18(19-17)14-8-6-5-7-9-14/h5-9,12-13,15,20H,10-11H2,1-4H3/t15-/m0/s1. The van der Waals surface area contributed by atoms with Crippen molar-refractivity contribution in [2.24, 2.45) is 11.8 Å². The maximum Gasteiger partial charge on any atom is 0.226 e. The predicted octanol–water partition coefficient (Wildman–Crippen LogP) is 4.62. The topological polar surface area (TPSA) is 46.3 Å². The van der Waals surface area contributed by atoms with Gasteiger partial charge in [0.25, 0.3) is 0 Å². The molecule has 2 aromatic rings. The normalized spacial score (nSPS) is 13.1. The molecule has 0 radical (unpaired) electrons. The van der Waals surface area contributed by atoms with Crippen molar-refractivity contribution in [3.05, 3.63) is 41.8 Å². The summed E-state index contributed by atoms with van der Waals surface area (Å²) in [6.07, 6.45) is 0.941. The van der Waals surface area contributed by atoms with E-state index < -0.39 is 6.10 Å². The second-order valence-corrected chi connectivity index (χ2v) is 6.44. The van der Waals surface area contributed by atoms with Crippen molar-refractivity contribution in [3.63, 3.8) is 0 Å². The SMILES string of the molecule is CC(C)Cc1oc(-c2ccccc2)nc1[C@@H](O)CC(C)C. The Morgan fingerprint density at radius 1 is 1.05 bits per heavy atom. The van der Waals surface area contributed by atoms with Gasteiger partial charge in [0.15, 0.2) is 0 Å². The first kappa shape index (κ1) is 15.8. The lowest BCUT2D eigenvalue weighted by atomic mass is 10.00. The summed E-state index contributed by atoms with van der Waals surface area (Å²) in [5.74, 6) is 2.30. The summed E-state index contributed by atoms with van der Waals surface area (Å²) in [4.78, 5) is 4.57. The molecule has 0 bridgehead atoms. The molecule has 0 spiro atoms. The molecular formula is C18H25NO2. The molecule has 1 atom stereocenters. The Hall–Kier alpha value is -1.61. The van der Waals surface area contributed by atoms with E-state index in [0.29, 0.717) is 29.8 Å². The van der Waals surface area contributed by atoms with Crippen LogP contribution in [0.4, 0.5) is 0 Å². The number of hydrogen-bond acceptors (Lipinski definition) is 3. The minimum atomic E-state index is -0.556. The first-order chi connectivity index (χ1) is 9.97. The van der Waals surface area contributed by atoms with Gasteiger partial charge in [0.2, 0.25) is 5.89 Å². The zero-order valence-electron chi connectivity index (χ0n) is 13.3. The number of benzene rings is 1. The monoisotopic (exact) mass is 287 g/mol. The second-order valence-electron chi connectivity index (χ2n) is 6.44. The third kappa shape index (κ3) is 4.18. The minimum absolute atomic E-state index is 0.420. The molecular weight excluding hydrogens is 262 g/mol. The summed E-state index contributed by atoms with van der Waals surface area (Å²) in [6.45, 7) is 8.49. The van der Waals surface area contributed by atoms with E-state index in [1.54, 1.807) is 0 Å². The van der Waals surface area contributed by atoms with Gasteiger partial charge < -0.3 is 9.52 Å². The van der Waals surface area contributed by atoms with Crippen molar-refractivity contribution in [1.82, 2.24) is 4.98 Å². The molecule has 1 N–H and O–H groups in total. The Labute approximate surface area is 127 Å². The maximum atomic E-state index is 10.4. The zero-order valence-corrected chi connectivity index (χ0v) is 13.3. The van der Waals surface area contributed by atoms with E-state index in [2.05, 4.69) is 32.7 Å². The molecule has 0 unspecified atom stereocenters. The van der Waals surface area contributed by atoms with Gasteiger partial charge in [-0.2, -0.15) is 0 Å². The number of aliphatic hydroxyl groups excluding tert-OH is 1. The van der Waals surface area contributed by atoms with Gasteiger partial charge in [-0.05, 0) is 30.4 Å².